The molecule has 1 aliphatic heterocycles. The number of methoxy groups -OCH3 is 1. The summed E-state index contributed by atoms with van der Waals surface area (Å²) in [5.74, 6) is 0.162. The van der Waals surface area contributed by atoms with Gasteiger partial charge in [-0.2, -0.15) is 0 Å². The van der Waals surface area contributed by atoms with Crippen molar-refractivity contribution in [3.8, 4) is 0 Å². The van der Waals surface area contributed by atoms with E-state index in [1.807, 2.05) is 17.0 Å². The molecule has 1 atom stereocenters. The Balaban J connectivity index is 1.90. The van der Waals surface area contributed by atoms with Gasteiger partial charge in [-0.25, -0.2) is 0 Å². The first-order chi connectivity index (χ1) is 9.33. The molecule has 1 fully saturated rings. The molecule has 0 bridgehead atoms. The first-order valence-corrected chi connectivity index (χ1v) is 6.72. The molecule has 104 valence electrons. The van der Waals surface area contributed by atoms with E-state index >= 15 is 0 Å². The van der Waals surface area contributed by atoms with E-state index in [0.717, 1.165) is 19.4 Å². The minimum atomic E-state index is 0.162. The van der Waals surface area contributed by atoms with Crippen molar-refractivity contribution >= 4 is 5.91 Å². The minimum absolute atomic E-state index is 0.162. The van der Waals surface area contributed by atoms with Crippen LogP contribution in [0.1, 0.15) is 24.4 Å². The zero-order chi connectivity index (χ0) is 13.5. The molecule has 0 radical (unpaired) electrons. The van der Waals surface area contributed by atoms with E-state index < -0.39 is 0 Å². The van der Waals surface area contributed by atoms with Gasteiger partial charge in [0.15, 0.2) is 0 Å². The van der Waals surface area contributed by atoms with Crippen LogP contribution in [0.25, 0.3) is 0 Å². The maximum Gasteiger partial charge on any atom is 0.237 e. The Bertz CT molecular complexity index is 397. The van der Waals surface area contributed by atoms with Crippen molar-refractivity contribution in [3.05, 3.63) is 30.1 Å². The van der Waals surface area contributed by atoms with Crippen LogP contribution in [0, 0.1) is 0 Å². The molecule has 1 saturated heterocycles. The lowest BCUT2D eigenvalue weighted by molar-refractivity contribution is -0.131. The zero-order valence-electron chi connectivity index (χ0n) is 11.3. The van der Waals surface area contributed by atoms with Crippen LogP contribution in [0.3, 0.4) is 0 Å². The molecule has 5 nitrogen and oxygen atoms in total. The molecule has 2 rings (SSSR count). The average Bonchev–Trinajstić information content (AvgIpc) is 2.94. The number of amides is 1. The van der Waals surface area contributed by atoms with Gasteiger partial charge in [-0.05, 0) is 30.5 Å². The number of rotatable bonds is 6. The molecule has 0 saturated carbocycles. The summed E-state index contributed by atoms with van der Waals surface area (Å²) < 4.78 is 4.95. The lowest BCUT2D eigenvalue weighted by Gasteiger charge is -2.25. The number of nitrogens with one attached hydrogen (secondary N) is 1. The quantitative estimate of drug-likeness (QED) is 0.777. The smallest absolute Gasteiger partial charge is 0.237 e. The van der Waals surface area contributed by atoms with Crippen LogP contribution < -0.4 is 5.32 Å². The third-order valence-electron chi connectivity index (χ3n) is 3.42. The monoisotopic (exact) mass is 263 g/mol. The van der Waals surface area contributed by atoms with E-state index in [-0.39, 0.29) is 11.9 Å². The topological polar surface area (TPSA) is 54.5 Å². The SMILES string of the molecule is COCCNCC(=O)N1CCCC1c1ccncc1. The fourth-order valence-electron chi connectivity index (χ4n) is 2.47. The Morgan fingerprint density at radius 1 is 1.53 bits per heavy atom. The summed E-state index contributed by atoms with van der Waals surface area (Å²) in [5, 5.41) is 3.11. The Labute approximate surface area is 114 Å². The Hall–Kier alpha value is -1.46. The number of pyridine rings is 1. The molecule has 5 heteroatoms. The maximum absolute atomic E-state index is 12.2. The van der Waals surface area contributed by atoms with E-state index in [1.54, 1.807) is 19.5 Å². The highest BCUT2D eigenvalue weighted by atomic mass is 16.5. The van der Waals surface area contributed by atoms with Crippen molar-refractivity contribution in [1.82, 2.24) is 15.2 Å². The summed E-state index contributed by atoms with van der Waals surface area (Å²) in [4.78, 5) is 18.2. The van der Waals surface area contributed by atoms with Crippen LogP contribution in [-0.2, 0) is 9.53 Å². The van der Waals surface area contributed by atoms with Crippen molar-refractivity contribution in [2.75, 3.05) is 33.4 Å². The van der Waals surface area contributed by atoms with Gasteiger partial charge < -0.3 is 15.0 Å². The molecular formula is C14H21N3O2. The van der Waals surface area contributed by atoms with Gasteiger partial charge in [0.05, 0.1) is 19.2 Å². The highest BCUT2D eigenvalue weighted by Crippen LogP contribution is 2.31. The largest absolute Gasteiger partial charge is 0.383 e. The second kappa shape index (κ2) is 7.21. The van der Waals surface area contributed by atoms with Gasteiger partial charge in [-0.15, -0.1) is 0 Å². The van der Waals surface area contributed by atoms with Crippen LogP contribution in [0.2, 0.25) is 0 Å². The van der Waals surface area contributed by atoms with Crippen molar-refractivity contribution in [1.29, 1.82) is 0 Å². The first kappa shape index (κ1) is 14.0. The molecule has 1 aromatic rings. The summed E-state index contributed by atoms with van der Waals surface area (Å²) in [5.41, 5.74) is 1.18. The number of hydrogen-bond donors (Lipinski definition) is 1. The van der Waals surface area contributed by atoms with E-state index in [0.29, 0.717) is 19.7 Å². The second-order valence-electron chi connectivity index (χ2n) is 4.70. The predicted molar refractivity (Wildman–Crippen MR) is 72.7 cm³/mol. The summed E-state index contributed by atoms with van der Waals surface area (Å²) >= 11 is 0. The van der Waals surface area contributed by atoms with E-state index in [9.17, 15) is 4.79 Å². The fraction of sp³-hybridized carbons (Fsp3) is 0.571. The van der Waals surface area contributed by atoms with Gasteiger partial charge in [0, 0.05) is 32.6 Å². The number of ether oxygens (including phenoxy) is 1. The number of hydrogen-bond acceptors (Lipinski definition) is 4. The molecule has 1 aromatic heterocycles. The Morgan fingerprint density at radius 2 is 2.32 bits per heavy atom. The highest BCUT2D eigenvalue weighted by molar-refractivity contribution is 5.79. The molecule has 0 aliphatic carbocycles. The normalized spacial score (nSPS) is 18.8. The summed E-state index contributed by atoms with van der Waals surface area (Å²) in [6, 6.07) is 4.20. The van der Waals surface area contributed by atoms with Crippen LogP contribution in [0.4, 0.5) is 0 Å². The number of carbonyl (C=O) groups is 1. The summed E-state index contributed by atoms with van der Waals surface area (Å²) in [7, 11) is 1.66. The van der Waals surface area contributed by atoms with Gasteiger partial charge in [0.25, 0.3) is 0 Å². The molecule has 1 amide bonds. The van der Waals surface area contributed by atoms with Gasteiger partial charge in [0.1, 0.15) is 0 Å². The Kier molecular flexibility index (Phi) is 5.30. The summed E-state index contributed by atoms with van der Waals surface area (Å²) in [6.45, 7) is 2.56. The lowest BCUT2D eigenvalue weighted by Crippen LogP contribution is -2.38. The maximum atomic E-state index is 12.2. The number of nitrogens with zero attached hydrogens (tertiary/aromatic N) is 2. The zero-order valence-corrected chi connectivity index (χ0v) is 11.3. The summed E-state index contributed by atoms with van der Waals surface area (Å²) in [6.07, 6.45) is 5.67. The van der Waals surface area contributed by atoms with Crippen molar-refractivity contribution in [2.24, 2.45) is 0 Å². The van der Waals surface area contributed by atoms with Crippen LogP contribution in [-0.4, -0.2) is 49.1 Å². The third kappa shape index (κ3) is 3.75. The van der Waals surface area contributed by atoms with Gasteiger partial charge in [-0.1, -0.05) is 0 Å². The van der Waals surface area contributed by atoms with Crippen LogP contribution in [0.5, 0.6) is 0 Å². The molecule has 19 heavy (non-hydrogen) atoms. The molecule has 1 N–H and O–H groups in total. The standard InChI is InChI=1S/C14H21N3O2/c1-19-10-8-16-11-14(18)17-9-2-3-13(17)12-4-6-15-7-5-12/h4-7,13,16H,2-3,8-11H2,1H3. The van der Waals surface area contributed by atoms with E-state index in [2.05, 4.69) is 10.3 Å². The molecular weight excluding hydrogens is 242 g/mol. The Morgan fingerprint density at radius 3 is 3.05 bits per heavy atom. The van der Waals surface area contributed by atoms with Crippen LogP contribution in [0.15, 0.2) is 24.5 Å². The molecule has 2 heterocycles. The molecule has 1 unspecified atom stereocenters. The van der Waals surface area contributed by atoms with Crippen LogP contribution >= 0.6 is 0 Å². The van der Waals surface area contributed by atoms with E-state index in [1.165, 1.54) is 5.56 Å². The van der Waals surface area contributed by atoms with Crippen molar-refractivity contribution in [3.63, 3.8) is 0 Å². The molecule has 0 aromatic carbocycles. The number of likely N-dealkylation sites (tertiary alicyclic amines) is 1. The molecule has 0 spiro atoms. The lowest BCUT2D eigenvalue weighted by atomic mass is 10.1. The second-order valence-corrected chi connectivity index (χ2v) is 4.70. The number of carbonyl (C=O) groups excluding carboxylic acids is 1. The average molecular weight is 263 g/mol. The predicted octanol–water partition coefficient (Wildman–Crippen LogP) is 0.981. The van der Waals surface area contributed by atoms with Gasteiger partial charge >= 0.3 is 0 Å². The first-order valence-electron chi connectivity index (χ1n) is 6.72. The highest BCUT2D eigenvalue weighted by Gasteiger charge is 2.29. The van der Waals surface area contributed by atoms with Gasteiger partial charge in [0.2, 0.25) is 5.91 Å². The fourth-order valence-corrected chi connectivity index (χ4v) is 2.47. The van der Waals surface area contributed by atoms with Crippen molar-refractivity contribution < 1.29 is 9.53 Å². The third-order valence-corrected chi connectivity index (χ3v) is 3.42. The van der Waals surface area contributed by atoms with Gasteiger partial charge in [-0.3, -0.25) is 9.78 Å². The number of aromatic nitrogens is 1. The van der Waals surface area contributed by atoms with Crippen molar-refractivity contribution in [2.45, 2.75) is 18.9 Å². The minimum Gasteiger partial charge on any atom is -0.383 e. The van der Waals surface area contributed by atoms with E-state index in [4.69, 9.17) is 4.74 Å². The molecule has 1 aliphatic rings.